The number of allylic oxidation sites excluding steroid dienone is 2. The van der Waals surface area contributed by atoms with Gasteiger partial charge in [-0.1, -0.05) is 17.7 Å². The van der Waals surface area contributed by atoms with Crippen LogP contribution < -0.4 is 18.9 Å². The van der Waals surface area contributed by atoms with Crippen molar-refractivity contribution in [2.24, 2.45) is 0 Å². The van der Waals surface area contributed by atoms with Crippen LogP contribution in [0.1, 0.15) is 23.6 Å². The van der Waals surface area contributed by atoms with E-state index in [9.17, 15) is 14.7 Å². The van der Waals surface area contributed by atoms with E-state index >= 15 is 0 Å². The monoisotopic (exact) mass is 1150 g/mol. The molecule has 4 rings (SSSR count). The van der Waals surface area contributed by atoms with Gasteiger partial charge in [0.25, 0.3) is 0 Å². The van der Waals surface area contributed by atoms with E-state index in [1.54, 1.807) is 47.5 Å². The number of halogens is 5. The van der Waals surface area contributed by atoms with Crippen molar-refractivity contribution in [3.8, 4) is 34.5 Å². The summed E-state index contributed by atoms with van der Waals surface area (Å²) in [5.41, 5.74) is 3.54. The van der Waals surface area contributed by atoms with Gasteiger partial charge in [0.2, 0.25) is 34.6 Å². The number of aryl methyl sites for hydroxylation is 3. The number of carbonyl (C=O) groups excluding carboxylic acids is 2. The molecule has 0 saturated carbocycles. The molecule has 0 unspecified atom stereocenters. The smallest absolute Gasteiger partial charge is 0.512 e. The molecule has 0 aliphatic heterocycles. The van der Waals surface area contributed by atoms with E-state index in [0.717, 1.165) is 15.6 Å². The number of hydrogen-bond acceptors (Lipinski definition) is 11. The van der Waals surface area contributed by atoms with Gasteiger partial charge >= 0.3 is 17.1 Å². The second kappa shape index (κ2) is 31.1. The summed E-state index contributed by atoms with van der Waals surface area (Å²) in [5, 5.41) is 24.4. The Morgan fingerprint density at radius 3 is 1.51 bits per heavy atom. The van der Waals surface area contributed by atoms with Crippen molar-refractivity contribution in [3.63, 3.8) is 0 Å². The summed E-state index contributed by atoms with van der Waals surface area (Å²) in [6, 6.07) is 10.8. The molecule has 0 amide bonds. The zero-order valence-corrected chi connectivity index (χ0v) is 40.2. The molecule has 1 aliphatic carbocycles. The molecule has 3 aromatic carbocycles. The van der Waals surface area contributed by atoms with E-state index in [-0.39, 0.29) is 63.0 Å². The molecule has 1 aliphatic rings. The second-order valence-electron chi connectivity index (χ2n) is 9.57. The first-order valence-electron chi connectivity index (χ1n) is 14.0. The Labute approximate surface area is 372 Å². The van der Waals surface area contributed by atoms with E-state index in [2.05, 4.69) is 76.0 Å². The van der Waals surface area contributed by atoms with Gasteiger partial charge in [0.1, 0.15) is 11.5 Å². The van der Waals surface area contributed by atoms with E-state index in [0.29, 0.717) is 43.3 Å². The molecule has 3 aromatic rings. The topological polar surface area (TPSA) is 154 Å². The summed E-state index contributed by atoms with van der Waals surface area (Å²) in [7, 11) is 8.97. The molecular weight excluding hydrogens is 1110 g/mol. The largest absolute Gasteiger partial charge is 1.00 e. The number of phenols is 2. The van der Waals surface area contributed by atoms with E-state index in [1.165, 1.54) is 25.9 Å². The fourth-order valence-corrected chi connectivity index (χ4v) is 5.49. The normalized spacial score (nSPS) is 10.6. The molecule has 0 spiro atoms. The zero-order valence-electron chi connectivity index (χ0n) is 30.2. The van der Waals surface area contributed by atoms with Crippen molar-refractivity contribution in [2.75, 3.05) is 42.7 Å². The Kier molecular flexibility index (Phi) is 33.7. The maximum atomic E-state index is 11.4. The number of hydrogen-bond donors (Lipinski definition) is 2. The second-order valence-corrected chi connectivity index (χ2v) is 12.0. The maximum Gasteiger partial charge on any atom is 1.00 e. The predicted octanol–water partition coefficient (Wildman–Crippen LogP) is 10.1. The van der Waals surface area contributed by atoms with Crippen LogP contribution >= 0.6 is 76.0 Å². The zero-order chi connectivity index (χ0) is 40.0. The van der Waals surface area contributed by atoms with E-state index < -0.39 is 0 Å². The molecule has 0 radical (unpaired) electrons. The number of nitrogens with zero attached hydrogens (tertiary/aromatic N) is 1. The van der Waals surface area contributed by atoms with Crippen LogP contribution in [0.25, 0.3) is 0 Å². The van der Waals surface area contributed by atoms with Crippen LogP contribution in [-0.4, -0.2) is 64.4 Å². The summed E-state index contributed by atoms with van der Waals surface area (Å²) >= 11 is 15.3. The van der Waals surface area contributed by atoms with Gasteiger partial charge in [0.05, 0.1) is 51.6 Å². The predicted molar refractivity (Wildman–Crippen MR) is 214 cm³/mol. The van der Waals surface area contributed by atoms with Crippen LogP contribution in [0.4, 0.5) is 0 Å². The number of ketones is 2. The van der Waals surface area contributed by atoms with Crippen LogP contribution in [-0.2, 0) is 53.2 Å². The summed E-state index contributed by atoms with van der Waals surface area (Å²) in [6.07, 6.45) is 1.24. The van der Waals surface area contributed by atoms with Gasteiger partial charge in [0.15, 0.2) is 11.5 Å². The maximum absolute atomic E-state index is 11.4. The number of methoxy groups -OCH3 is 6. The number of ether oxygens (including phenoxy) is 6. The van der Waals surface area contributed by atoms with Gasteiger partial charge in [-0.25, -0.2) is 0 Å². The van der Waals surface area contributed by atoms with Gasteiger partial charge < -0.3 is 50.5 Å². The number of rotatable bonds is 6. The van der Waals surface area contributed by atoms with Gasteiger partial charge in [-0.3, -0.25) is 9.59 Å². The van der Waals surface area contributed by atoms with Crippen LogP contribution in [0.3, 0.4) is 0 Å². The fourth-order valence-electron chi connectivity index (χ4n) is 3.85. The van der Waals surface area contributed by atoms with Crippen molar-refractivity contribution in [3.05, 3.63) is 96.2 Å². The minimum Gasteiger partial charge on any atom is -0.512 e. The molecule has 53 heavy (non-hydrogen) atoms. The molecule has 0 bridgehead atoms. The SMILES string of the molecule is BrBr.COC1=C(OC)C(=O)C(C)=CC1=O.COc1cc(C)c(OC)c(OC)c1OC.Cc1cc(Br)c(O)c(Br)c1Br.Cc1ccc(O)cc1.[C-]#N.[Cu+].[Fe]. The summed E-state index contributed by atoms with van der Waals surface area (Å²) < 4.78 is 32.8. The Hall–Kier alpha value is -2.19. The van der Waals surface area contributed by atoms with Crippen molar-refractivity contribution >= 4 is 87.6 Å². The molecule has 11 nitrogen and oxygen atoms in total. The number of phenolic OH excluding ortho intramolecular Hbond substituents is 2. The van der Waals surface area contributed by atoms with Crippen LogP contribution in [0.15, 0.2) is 73.0 Å². The van der Waals surface area contributed by atoms with Crippen molar-refractivity contribution in [1.82, 2.24) is 0 Å². The fraction of sp³-hybridized carbons (Fsp3) is 0.286. The van der Waals surface area contributed by atoms with E-state index in [1.807, 2.05) is 45.0 Å². The molecule has 0 aromatic heterocycles. The molecule has 0 atom stereocenters. The third kappa shape index (κ3) is 17.9. The van der Waals surface area contributed by atoms with Crippen LogP contribution in [0.2, 0.25) is 0 Å². The van der Waals surface area contributed by atoms with Gasteiger partial charge in [0, 0.05) is 55.4 Å². The minimum atomic E-state index is -0.337. The number of carbonyl (C=O) groups is 2. The van der Waals surface area contributed by atoms with Gasteiger partial charge in [-0.2, -0.15) is 0 Å². The van der Waals surface area contributed by atoms with Gasteiger partial charge in [-0.15, -0.1) is 0 Å². The molecule has 0 saturated heterocycles. The third-order valence-electron chi connectivity index (χ3n) is 6.27. The van der Waals surface area contributed by atoms with Crippen LogP contribution in [0, 0.1) is 32.6 Å². The molecule has 298 valence electrons. The first-order chi connectivity index (χ1) is 24.1. The first-order valence-corrected chi connectivity index (χ1v) is 20.1. The van der Waals surface area contributed by atoms with Crippen molar-refractivity contribution in [2.45, 2.75) is 27.7 Å². The summed E-state index contributed by atoms with van der Waals surface area (Å²) in [5.74, 6) is 2.25. The van der Waals surface area contributed by atoms with Gasteiger partial charge in [-0.05, 0) is 117 Å². The molecule has 0 heterocycles. The Balaban J connectivity index is -0.000000294. The summed E-state index contributed by atoms with van der Waals surface area (Å²) in [6.45, 7) is 12.2. The molecule has 2 N–H and O–H groups in total. The number of Topliss-reactive ketones (excluding diaryl/α,β-unsaturated/α-hetero) is 1. The standard InChI is InChI=1S/C11H16O4.C9H10O4.C7H5Br3O.C7H8O.CN.Br2.Cu.Fe/c1-7-6-8(12-2)10(14-4)11(15-5)9(7)13-3;1-5-4-6(10)8(12-2)9(13-3)7(5)11;1-3-2-4(8)7(11)6(10)5(3)9;1-6-2-4-7(8)5-3-6;2*1-2;;/h6H,1-5H3;4H,1-3H3;2,11H,1H3;2-5,8H,1H3;;;;/q;;;;-1;;+1;. The summed E-state index contributed by atoms with van der Waals surface area (Å²) in [4.78, 5) is 22.6. The number of aromatic hydroxyl groups is 2. The average molecular weight is 1150 g/mol. The Bertz CT molecular complexity index is 1640. The van der Waals surface area contributed by atoms with Crippen molar-refractivity contribution in [1.29, 1.82) is 5.26 Å². The third-order valence-corrected chi connectivity index (χ3v) is 9.21. The number of benzene rings is 3. The Morgan fingerprint density at radius 2 is 1.11 bits per heavy atom. The first kappa shape index (κ1) is 57.5. The average Bonchev–Trinajstić information content (AvgIpc) is 3.14. The quantitative estimate of drug-likeness (QED) is 0.105. The van der Waals surface area contributed by atoms with Crippen molar-refractivity contribution < 1.29 is 82.4 Å². The minimum absolute atomic E-state index is 0. The van der Waals surface area contributed by atoms with E-state index in [4.69, 9.17) is 45.4 Å². The Morgan fingerprint density at radius 1 is 0.642 bits per heavy atom. The molecule has 18 heteroatoms. The molecular formula is C35H39Br5CuFeNO10. The molecule has 0 fully saturated rings. The van der Waals surface area contributed by atoms with Crippen LogP contribution in [0.5, 0.6) is 34.5 Å².